The number of carbonyl (C=O) groups is 2. The molecule has 2 aromatic rings. The van der Waals surface area contributed by atoms with Crippen molar-refractivity contribution in [3.05, 3.63) is 48.0 Å². The van der Waals surface area contributed by atoms with Gasteiger partial charge in [0.05, 0.1) is 23.3 Å². The molecule has 1 amide bonds. The number of hydrogen-bond donors (Lipinski definition) is 2. The Kier molecular flexibility index (Phi) is 4.82. The maximum Gasteiger partial charge on any atom is 0.337 e. The second-order valence-electron chi connectivity index (χ2n) is 6.23. The molecule has 0 unspecified atom stereocenters. The SMILES string of the molecule is CN1CCN(Cc2cn(-c3ccccc3C(=O)O)cn2)C[C@@H]1C(N)=O. The summed E-state index contributed by atoms with van der Waals surface area (Å²) in [6.07, 6.45) is 3.43. The Morgan fingerprint density at radius 2 is 2.08 bits per heavy atom. The van der Waals surface area contributed by atoms with Gasteiger partial charge in [-0.15, -0.1) is 0 Å². The van der Waals surface area contributed by atoms with E-state index in [2.05, 4.69) is 9.88 Å². The minimum Gasteiger partial charge on any atom is -0.478 e. The second-order valence-corrected chi connectivity index (χ2v) is 6.23. The van der Waals surface area contributed by atoms with Crippen LogP contribution in [0, 0.1) is 0 Å². The molecule has 1 aromatic heterocycles. The van der Waals surface area contributed by atoms with Gasteiger partial charge in [-0.25, -0.2) is 9.78 Å². The summed E-state index contributed by atoms with van der Waals surface area (Å²) in [5.41, 5.74) is 7.06. The number of hydrogen-bond acceptors (Lipinski definition) is 5. The van der Waals surface area contributed by atoms with Crippen molar-refractivity contribution in [1.29, 1.82) is 0 Å². The quantitative estimate of drug-likeness (QED) is 0.802. The molecule has 8 nitrogen and oxygen atoms in total. The highest BCUT2D eigenvalue weighted by Gasteiger charge is 2.28. The molecular weight excluding hydrogens is 322 g/mol. The summed E-state index contributed by atoms with van der Waals surface area (Å²) < 4.78 is 1.71. The zero-order valence-corrected chi connectivity index (χ0v) is 14.0. The molecule has 1 aliphatic heterocycles. The third kappa shape index (κ3) is 3.70. The zero-order valence-electron chi connectivity index (χ0n) is 14.0. The summed E-state index contributed by atoms with van der Waals surface area (Å²) in [5, 5.41) is 9.31. The molecule has 3 rings (SSSR count). The van der Waals surface area contributed by atoms with Crippen LogP contribution in [0.25, 0.3) is 5.69 Å². The number of primary amides is 1. The lowest BCUT2D eigenvalue weighted by Crippen LogP contribution is -2.56. The van der Waals surface area contributed by atoms with Crippen LogP contribution in [0.5, 0.6) is 0 Å². The van der Waals surface area contributed by atoms with Crippen molar-refractivity contribution in [2.75, 3.05) is 26.7 Å². The van der Waals surface area contributed by atoms with Crippen LogP contribution >= 0.6 is 0 Å². The molecule has 1 fully saturated rings. The highest BCUT2D eigenvalue weighted by Crippen LogP contribution is 2.16. The van der Waals surface area contributed by atoms with Crippen molar-refractivity contribution in [1.82, 2.24) is 19.4 Å². The van der Waals surface area contributed by atoms with Crippen molar-refractivity contribution >= 4 is 11.9 Å². The van der Waals surface area contributed by atoms with Crippen molar-refractivity contribution in [3.63, 3.8) is 0 Å². The molecule has 1 aromatic carbocycles. The van der Waals surface area contributed by atoms with E-state index < -0.39 is 5.97 Å². The van der Waals surface area contributed by atoms with Crippen LogP contribution in [-0.4, -0.2) is 69.1 Å². The summed E-state index contributed by atoms with van der Waals surface area (Å²) >= 11 is 0. The van der Waals surface area contributed by atoms with E-state index in [0.29, 0.717) is 18.8 Å². The van der Waals surface area contributed by atoms with Gasteiger partial charge in [-0.1, -0.05) is 12.1 Å². The largest absolute Gasteiger partial charge is 0.478 e. The summed E-state index contributed by atoms with van der Waals surface area (Å²) in [5.74, 6) is -1.30. The van der Waals surface area contributed by atoms with Crippen molar-refractivity contribution in [3.8, 4) is 5.69 Å². The first kappa shape index (κ1) is 17.1. The number of aromatic carboxylic acids is 1. The van der Waals surface area contributed by atoms with Crippen LogP contribution in [0.4, 0.5) is 0 Å². The number of amides is 1. The molecule has 1 aliphatic rings. The van der Waals surface area contributed by atoms with Crippen LogP contribution in [-0.2, 0) is 11.3 Å². The first-order valence-corrected chi connectivity index (χ1v) is 8.03. The van der Waals surface area contributed by atoms with Crippen molar-refractivity contribution < 1.29 is 14.7 Å². The average molecular weight is 343 g/mol. The molecule has 0 bridgehead atoms. The Morgan fingerprint density at radius 1 is 1.32 bits per heavy atom. The van der Waals surface area contributed by atoms with E-state index in [1.54, 1.807) is 35.2 Å². The summed E-state index contributed by atoms with van der Waals surface area (Å²) in [6.45, 7) is 2.72. The number of carboxylic acids is 1. The fourth-order valence-corrected chi connectivity index (χ4v) is 3.07. The Morgan fingerprint density at radius 3 is 2.80 bits per heavy atom. The van der Waals surface area contributed by atoms with E-state index in [9.17, 15) is 14.7 Å². The van der Waals surface area contributed by atoms with Gasteiger partial charge in [-0.3, -0.25) is 14.6 Å². The molecule has 25 heavy (non-hydrogen) atoms. The van der Waals surface area contributed by atoms with E-state index in [-0.39, 0.29) is 17.5 Å². The number of aromatic nitrogens is 2. The number of nitrogens with zero attached hydrogens (tertiary/aromatic N) is 4. The number of piperazine rings is 1. The number of nitrogens with two attached hydrogens (primary N) is 1. The van der Waals surface area contributed by atoms with Gasteiger partial charge in [0, 0.05) is 32.4 Å². The number of imidazole rings is 1. The molecule has 1 atom stereocenters. The Labute approximate surface area is 145 Å². The van der Waals surface area contributed by atoms with Crippen molar-refractivity contribution in [2.45, 2.75) is 12.6 Å². The predicted molar refractivity (Wildman–Crippen MR) is 91.4 cm³/mol. The highest BCUT2D eigenvalue weighted by molar-refractivity contribution is 5.91. The molecule has 2 heterocycles. The fraction of sp³-hybridized carbons (Fsp3) is 0.353. The molecular formula is C17H21N5O3. The lowest BCUT2D eigenvalue weighted by molar-refractivity contribution is -0.125. The zero-order chi connectivity index (χ0) is 18.0. The molecule has 1 saturated heterocycles. The number of likely N-dealkylation sites (N-methyl/N-ethyl adjacent to an activating group) is 1. The number of carboxylic acid groups (broad SMARTS) is 1. The molecule has 0 aliphatic carbocycles. The maximum absolute atomic E-state index is 11.5. The normalized spacial score (nSPS) is 19.0. The van der Waals surface area contributed by atoms with Crippen LogP contribution in [0.2, 0.25) is 0 Å². The van der Waals surface area contributed by atoms with Gasteiger partial charge in [0.2, 0.25) is 5.91 Å². The smallest absolute Gasteiger partial charge is 0.337 e. The van der Waals surface area contributed by atoms with Gasteiger partial charge in [0.25, 0.3) is 0 Å². The van der Waals surface area contributed by atoms with E-state index in [4.69, 9.17) is 5.73 Å². The molecule has 0 spiro atoms. The fourth-order valence-electron chi connectivity index (χ4n) is 3.07. The van der Waals surface area contributed by atoms with E-state index >= 15 is 0 Å². The minimum atomic E-state index is -0.978. The number of para-hydroxylation sites is 1. The molecule has 132 valence electrons. The molecule has 0 radical (unpaired) electrons. The third-order valence-electron chi connectivity index (χ3n) is 4.49. The number of benzene rings is 1. The summed E-state index contributed by atoms with van der Waals surface area (Å²) in [4.78, 5) is 31.4. The topological polar surface area (TPSA) is 105 Å². The van der Waals surface area contributed by atoms with Crippen LogP contribution in [0.3, 0.4) is 0 Å². The monoisotopic (exact) mass is 343 g/mol. The Bertz CT molecular complexity index is 788. The first-order valence-electron chi connectivity index (χ1n) is 8.03. The number of rotatable bonds is 5. The van der Waals surface area contributed by atoms with Crippen molar-refractivity contribution in [2.24, 2.45) is 5.73 Å². The summed E-state index contributed by atoms with van der Waals surface area (Å²) in [7, 11) is 1.89. The molecule has 8 heteroatoms. The van der Waals surface area contributed by atoms with E-state index in [1.165, 1.54) is 0 Å². The van der Waals surface area contributed by atoms with Crippen LogP contribution in [0.15, 0.2) is 36.8 Å². The lowest BCUT2D eigenvalue weighted by atomic mass is 10.1. The lowest BCUT2D eigenvalue weighted by Gasteiger charge is -2.37. The highest BCUT2D eigenvalue weighted by atomic mass is 16.4. The Balaban J connectivity index is 1.75. The van der Waals surface area contributed by atoms with Crippen LogP contribution in [0.1, 0.15) is 16.1 Å². The van der Waals surface area contributed by atoms with Gasteiger partial charge in [0.15, 0.2) is 0 Å². The van der Waals surface area contributed by atoms with Gasteiger partial charge < -0.3 is 15.4 Å². The molecule has 0 saturated carbocycles. The number of carbonyl (C=O) groups excluding carboxylic acids is 1. The van der Waals surface area contributed by atoms with Crippen LogP contribution < -0.4 is 5.73 Å². The minimum absolute atomic E-state index is 0.222. The average Bonchev–Trinajstić information content (AvgIpc) is 3.04. The second kappa shape index (κ2) is 7.04. The van der Waals surface area contributed by atoms with Gasteiger partial charge in [0.1, 0.15) is 6.04 Å². The summed E-state index contributed by atoms with van der Waals surface area (Å²) in [6, 6.07) is 6.49. The van der Waals surface area contributed by atoms with Gasteiger partial charge in [-0.2, -0.15) is 0 Å². The predicted octanol–water partition coefficient (Wildman–Crippen LogP) is 0.172. The third-order valence-corrected chi connectivity index (χ3v) is 4.49. The first-order chi connectivity index (χ1) is 12.0. The van der Waals surface area contributed by atoms with E-state index in [1.807, 2.05) is 18.1 Å². The van der Waals surface area contributed by atoms with Gasteiger partial charge in [-0.05, 0) is 19.2 Å². The van der Waals surface area contributed by atoms with E-state index in [0.717, 1.165) is 18.8 Å². The molecule has 3 N–H and O–H groups in total. The van der Waals surface area contributed by atoms with Gasteiger partial charge >= 0.3 is 5.97 Å². The standard InChI is InChI=1S/C17H21N5O3/c1-20-6-7-21(10-15(20)16(18)23)8-12-9-22(11-19-12)14-5-3-2-4-13(14)17(24)25/h2-5,9,11,15H,6-8,10H2,1H3,(H2,18,23)(H,24,25)/t15-/m1/s1. The Hall–Kier alpha value is -2.71. The maximum atomic E-state index is 11.5.